The topological polar surface area (TPSA) is 81.8 Å². The molecular weight excluding hydrogens is 443 g/mol. The molecule has 0 unspecified atom stereocenters. The molecule has 1 aromatic heterocycles. The molecular formula is C16H20ClIN4O2. The third-order valence-electron chi connectivity index (χ3n) is 3.12. The number of pyridine rings is 1. The van der Waals surface area contributed by atoms with E-state index in [0.717, 1.165) is 11.3 Å². The van der Waals surface area contributed by atoms with Crippen molar-refractivity contribution < 1.29 is 9.47 Å². The smallest absolute Gasteiger partial charge is 0.189 e. The summed E-state index contributed by atoms with van der Waals surface area (Å²) in [6.45, 7) is 0.922. The largest absolute Gasteiger partial charge is 0.493 e. The van der Waals surface area contributed by atoms with Crippen molar-refractivity contribution in [2.24, 2.45) is 10.7 Å². The van der Waals surface area contributed by atoms with E-state index in [0.29, 0.717) is 35.6 Å². The number of halogens is 2. The zero-order valence-electron chi connectivity index (χ0n) is 13.5. The Kier molecular flexibility index (Phi) is 8.62. The molecule has 0 atom stereocenters. The highest BCUT2D eigenvalue weighted by atomic mass is 127. The second kappa shape index (κ2) is 10.2. The number of ether oxygens (including phenoxy) is 2. The van der Waals surface area contributed by atoms with Gasteiger partial charge in [0.2, 0.25) is 0 Å². The molecule has 2 aromatic rings. The van der Waals surface area contributed by atoms with Crippen LogP contribution in [0.15, 0.2) is 41.5 Å². The molecule has 0 fully saturated rings. The molecule has 8 heteroatoms. The molecule has 0 aliphatic rings. The molecule has 24 heavy (non-hydrogen) atoms. The maximum atomic E-state index is 5.86. The summed E-state index contributed by atoms with van der Waals surface area (Å²) in [6.07, 6.45) is 1.59. The maximum Gasteiger partial charge on any atom is 0.189 e. The van der Waals surface area contributed by atoms with Crippen LogP contribution in [0.5, 0.6) is 11.5 Å². The number of aliphatic imine (C=N–C) groups is 1. The summed E-state index contributed by atoms with van der Waals surface area (Å²) >= 11 is 5.79. The van der Waals surface area contributed by atoms with Gasteiger partial charge < -0.3 is 20.5 Å². The first-order valence-electron chi connectivity index (χ1n) is 6.97. The van der Waals surface area contributed by atoms with E-state index >= 15 is 0 Å². The molecule has 130 valence electrons. The van der Waals surface area contributed by atoms with Crippen molar-refractivity contribution in [2.75, 3.05) is 14.2 Å². The Hall–Kier alpha value is -1.74. The molecule has 1 aromatic carbocycles. The number of aromatic nitrogens is 1. The molecule has 0 amide bonds. The van der Waals surface area contributed by atoms with E-state index < -0.39 is 0 Å². The van der Waals surface area contributed by atoms with Gasteiger partial charge in [0, 0.05) is 6.20 Å². The fourth-order valence-electron chi connectivity index (χ4n) is 1.90. The molecule has 3 N–H and O–H groups in total. The van der Waals surface area contributed by atoms with E-state index in [9.17, 15) is 0 Å². The maximum absolute atomic E-state index is 5.86. The van der Waals surface area contributed by atoms with Gasteiger partial charge in [0.1, 0.15) is 0 Å². The Morgan fingerprint density at radius 1 is 1.21 bits per heavy atom. The zero-order chi connectivity index (χ0) is 16.7. The van der Waals surface area contributed by atoms with Gasteiger partial charge >= 0.3 is 0 Å². The van der Waals surface area contributed by atoms with E-state index in [1.807, 2.05) is 24.3 Å². The summed E-state index contributed by atoms with van der Waals surface area (Å²) in [4.78, 5) is 8.47. The number of nitrogens with two attached hydrogens (primary N) is 1. The molecule has 0 bridgehead atoms. The van der Waals surface area contributed by atoms with E-state index in [2.05, 4.69) is 15.3 Å². The van der Waals surface area contributed by atoms with E-state index in [-0.39, 0.29) is 24.0 Å². The van der Waals surface area contributed by atoms with Crippen molar-refractivity contribution in [1.29, 1.82) is 0 Å². The minimum Gasteiger partial charge on any atom is -0.493 e. The predicted octanol–water partition coefficient (Wildman–Crippen LogP) is 2.97. The molecule has 0 radical (unpaired) electrons. The Morgan fingerprint density at radius 2 is 1.96 bits per heavy atom. The average Bonchev–Trinajstić information content (AvgIpc) is 2.59. The first kappa shape index (κ1) is 20.3. The number of nitrogens with one attached hydrogen (secondary N) is 1. The lowest BCUT2D eigenvalue weighted by Crippen LogP contribution is -2.31. The third-order valence-corrected chi connectivity index (χ3v) is 3.34. The Balaban J connectivity index is 0.00000288. The monoisotopic (exact) mass is 462 g/mol. The van der Waals surface area contributed by atoms with Crippen molar-refractivity contribution in [2.45, 2.75) is 13.1 Å². The summed E-state index contributed by atoms with van der Waals surface area (Å²) < 4.78 is 10.5. The van der Waals surface area contributed by atoms with Crippen LogP contribution in [0.3, 0.4) is 0 Å². The standard InChI is InChI=1S/C16H19ClN4O2.HI/c1-22-14-6-3-11(7-15(14)23-2)8-20-16(18)21-10-13-5-4-12(17)9-19-13;/h3-7,9H,8,10H2,1-2H3,(H3,18,20,21);1H. The van der Waals surface area contributed by atoms with Crippen LogP contribution < -0.4 is 20.5 Å². The highest BCUT2D eigenvalue weighted by Gasteiger charge is 2.04. The van der Waals surface area contributed by atoms with Crippen LogP contribution in [0.25, 0.3) is 0 Å². The number of benzene rings is 1. The SMILES string of the molecule is COc1ccc(CN=C(N)NCc2ccc(Cl)cn2)cc1OC.I. The fourth-order valence-corrected chi connectivity index (χ4v) is 2.02. The Bertz CT molecular complexity index is 680. The molecule has 0 saturated heterocycles. The third kappa shape index (κ3) is 6.04. The van der Waals surface area contributed by atoms with Crippen LogP contribution >= 0.6 is 35.6 Å². The van der Waals surface area contributed by atoms with Crippen molar-refractivity contribution in [1.82, 2.24) is 10.3 Å². The second-order valence-electron chi connectivity index (χ2n) is 4.71. The van der Waals surface area contributed by atoms with Crippen molar-refractivity contribution in [3.8, 4) is 11.5 Å². The van der Waals surface area contributed by atoms with Crippen LogP contribution in [-0.4, -0.2) is 25.2 Å². The number of hydrogen-bond acceptors (Lipinski definition) is 4. The predicted molar refractivity (Wildman–Crippen MR) is 106 cm³/mol. The van der Waals surface area contributed by atoms with Gasteiger partial charge in [-0.05, 0) is 29.8 Å². The first-order valence-corrected chi connectivity index (χ1v) is 7.35. The highest BCUT2D eigenvalue weighted by molar-refractivity contribution is 14.0. The van der Waals surface area contributed by atoms with Gasteiger partial charge in [0.15, 0.2) is 17.5 Å². The van der Waals surface area contributed by atoms with Crippen LogP contribution in [0.1, 0.15) is 11.3 Å². The van der Waals surface area contributed by atoms with Gasteiger partial charge in [-0.1, -0.05) is 17.7 Å². The van der Waals surface area contributed by atoms with Gasteiger partial charge in [-0.25, -0.2) is 4.99 Å². The van der Waals surface area contributed by atoms with Crippen molar-refractivity contribution >= 4 is 41.5 Å². The zero-order valence-corrected chi connectivity index (χ0v) is 16.5. The molecule has 0 spiro atoms. The summed E-state index contributed by atoms with van der Waals surface area (Å²) in [5.74, 6) is 1.69. The van der Waals surface area contributed by atoms with E-state index in [1.165, 1.54) is 0 Å². The number of nitrogens with zero attached hydrogens (tertiary/aromatic N) is 2. The summed E-state index contributed by atoms with van der Waals surface area (Å²) in [5.41, 5.74) is 7.66. The Morgan fingerprint density at radius 3 is 2.58 bits per heavy atom. The lowest BCUT2D eigenvalue weighted by Gasteiger charge is -2.09. The molecule has 0 aliphatic heterocycles. The lowest BCUT2D eigenvalue weighted by atomic mass is 10.2. The van der Waals surface area contributed by atoms with Gasteiger partial charge in [0.25, 0.3) is 0 Å². The molecule has 0 aliphatic carbocycles. The van der Waals surface area contributed by atoms with E-state index in [4.69, 9.17) is 26.8 Å². The van der Waals surface area contributed by atoms with Crippen LogP contribution in [0, 0.1) is 0 Å². The normalized spacial score (nSPS) is 10.7. The number of guanidine groups is 1. The summed E-state index contributed by atoms with van der Waals surface area (Å²) in [5, 5.41) is 3.61. The fraction of sp³-hybridized carbons (Fsp3) is 0.250. The minimum atomic E-state index is 0. The summed E-state index contributed by atoms with van der Waals surface area (Å²) in [6, 6.07) is 9.24. The first-order chi connectivity index (χ1) is 11.1. The number of methoxy groups -OCH3 is 2. The number of hydrogen-bond donors (Lipinski definition) is 2. The molecule has 0 saturated carbocycles. The van der Waals surface area contributed by atoms with Gasteiger partial charge in [-0.15, -0.1) is 24.0 Å². The number of rotatable bonds is 6. The molecule has 1 heterocycles. The minimum absolute atomic E-state index is 0. The van der Waals surface area contributed by atoms with Crippen molar-refractivity contribution in [3.05, 3.63) is 52.8 Å². The van der Waals surface area contributed by atoms with Gasteiger partial charge in [-0.2, -0.15) is 0 Å². The van der Waals surface area contributed by atoms with Crippen LogP contribution in [0.2, 0.25) is 5.02 Å². The quantitative estimate of drug-likeness (QED) is 0.392. The summed E-state index contributed by atoms with van der Waals surface area (Å²) in [7, 11) is 3.20. The second-order valence-corrected chi connectivity index (χ2v) is 5.15. The van der Waals surface area contributed by atoms with Crippen LogP contribution in [-0.2, 0) is 13.1 Å². The molecule has 2 rings (SSSR count). The van der Waals surface area contributed by atoms with Crippen molar-refractivity contribution in [3.63, 3.8) is 0 Å². The molecule has 6 nitrogen and oxygen atoms in total. The highest BCUT2D eigenvalue weighted by Crippen LogP contribution is 2.27. The van der Waals surface area contributed by atoms with E-state index in [1.54, 1.807) is 26.5 Å². The van der Waals surface area contributed by atoms with Crippen LogP contribution in [0.4, 0.5) is 0 Å². The lowest BCUT2D eigenvalue weighted by molar-refractivity contribution is 0.354. The average molecular weight is 463 g/mol. The Labute approximate surface area is 163 Å². The van der Waals surface area contributed by atoms with Gasteiger partial charge in [0.05, 0.1) is 38.0 Å². The van der Waals surface area contributed by atoms with Gasteiger partial charge in [-0.3, -0.25) is 4.98 Å².